The molecule has 1 nitrogen and oxygen atoms in total. The van der Waals surface area contributed by atoms with Gasteiger partial charge in [-0.1, -0.05) is 13.3 Å². The smallest absolute Gasteiger partial charge is 0.262 e. The van der Waals surface area contributed by atoms with Crippen LogP contribution in [0.15, 0.2) is 0 Å². The minimum Gasteiger partial charge on any atom is -0.312 e. The fourth-order valence-corrected chi connectivity index (χ4v) is 0.761. The van der Waals surface area contributed by atoms with E-state index in [0.29, 0.717) is 6.42 Å². The quantitative estimate of drug-likeness (QED) is 0.648. The van der Waals surface area contributed by atoms with E-state index in [1.807, 2.05) is 0 Å². The Morgan fingerprint density at radius 3 is 2.30 bits per heavy atom. The first-order chi connectivity index (χ1) is 4.54. The predicted molar refractivity (Wildman–Crippen MR) is 38.4 cm³/mol. The van der Waals surface area contributed by atoms with Crippen LogP contribution in [0.25, 0.3) is 0 Å². The van der Waals surface area contributed by atoms with Gasteiger partial charge in [0.15, 0.2) is 0 Å². The lowest BCUT2D eigenvalue weighted by molar-refractivity contribution is -0.0374. The molecule has 0 rings (SSSR count). The van der Waals surface area contributed by atoms with Crippen molar-refractivity contribution >= 4 is 0 Å². The molecule has 1 N–H and O–H groups in total. The predicted octanol–water partition coefficient (Wildman–Crippen LogP) is 2.03. The van der Waals surface area contributed by atoms with E-state index >= 15 is 0 Å². The summed E-state index contributed by atoms with van der Waals surface area (Å²) in [6.07, 6.45) is 0.494. The van der Waals surface area contributed by atoms with Crippen molar-refractivity contribution in [2.24, 2.45) is 0 Å². The van der Waals surface area contributed by atoms with Gasteiger partial charge in [-0.05, 0) is 14.0 Å². The van der Waals surface area contributed by atoms with Crippen molar-refractivity contribution in [3.63, 3.8) is 0 Å². The number of hydrogen-bond donors (Lipinski definition) is 1. The maximum atomic E-state index is 12.8. The van der Waals surface area contributed by atoms with Gasteiger partial charge in [-0.15, -0.1) is 0 Å². The molecular formula is C7H15F2N. The molecule has 0 aromatic rings. The van der Waals surface area contributed by atoms with E-state index in [4.69, 9.17) is 0 Å². The van der Waals surface area contributed by atoms with Crippen LogP contribution in [-0.4, -0.2) is 19.0 Å². The summed E-state index contributed by atoms with van der Waals surface area (Å²) in [5.41, 5.74) is 0. The number of rotatable bonds is 4. The summed E-state index contributed by atoms with van der Waals surface area (Å²) >= 11 is 0. The van der Waals surface area contributed by atoms with Crippen LogP contribution < -0.4 is 5.32 Å². The molecule has 0 bridgehead atoms. The minimum atomic E-state index is -2.55. The molecule has 0 aromatic heterocycles. The van der Waals surface area contributed by atoms with Crippen LogP contribution in [0.1, 0.15) is 26.7 Å². The molecule has 0 radical (unpaired) electrons. The molecule has 0 aromatic carbocycles. The van der Waals surface area contributed by atoms with Gasteiger partial charge in [0.2, 0.25) is 0 Å². The van der Waals surface area contributed by atoms with Crippen molar-refractivity contribution in [1.29, 1.82) is 0 Å². The average molecular weight is 151 g/mol. The van der Waals surface area contributed by atoms with Crippen molar-refractivity contribution in [3.8, 4) is 0 Å². The van der Waals surface area contributed by atoms with E-state index in [-0.39, 0.29) is 6.42 Å². The fourth-order valence-electron chi connectivity index (χ4n) is 0.761. The summed E-state index contributed by atoms with van der Waals surface area (Å²) in [6, 6.07) is -0.715. The molecular weight excluding hydrogens is 136 g/mol. The van der Waals surface area contributed by atoms with E-state index in [9.17, 15) is 8.78 Å². The van der Waals surface area contributed by atoms with E-state index in [1.165, 1.54) is 6.92 Å². The standard InChI is InChI=1S/C7H15F2N/c1-4-5-7(8,9)6(2)10-3/h6,10H,4-5H2,1-3H3. The molecule has 3 heteroatoms. The van der Waals surface area contributed by atoms with Crippen LogP contribution in [0, 0.1) is 0 Å². The van der Waals surface area contributed by atoms with Gasteiger partial charge < -0.3 is 5.32 Å². The number of alkyl halides is 2. The van der Waals surface area contributed by atoms with Crippen LogP contribution in [-0.2, 0) is 0 Å². The summed E-state index contributed by atoms with van der Waals surface area (Å²) in [6.45, 7) is 3.26. The summed E-state index contributed by atoms with van der Waals surface area (Å²) in [5.74, 6) is -2.55. The highest BCUT2D eigenvalue weighted by molar-refractivity contribution is 4.77. The van der Waals surface area contributed by atoms with Crippen LogP contribution >= 0.6 is 0 Å². The van der Waals surface area contributed by atoms with E-state index in [0.717, 1.165) is 0 Å². The van der Waals surface area contributed by atoms with Gasteiger partial charge in [0.05, 0.1) is 6.04 Å². The molecule has 0 heterocycles. The average Bonchev–Trinajstić information content (AvgIpc) is 1.86. The van der Waals surface area contributed by atoms with Gasteiger partial charge in [-0.3, -0.25) is 0 Å². The Balaban J connectivity index is 3.82. The van der Waals surface area contributed by atoms with Gasteiger partial charge in [0.25, 0.3) is 5.92 Å². The minimum absolute atomic E-state index is 0.0327. The third-order valence-corrected chi connectivity index (χ3v) is 1.65. The lowest BCUT2D eigenvalue weighted by Gasteiger charge is -2.22. The Morgan fingerprint density at radius 2 is 2.00 bits per heavy atom. The van der Waals surface area contributed by atoms with Gasteiger partial charge >= 0.3 is 0 Å². The van der Waals surface area contributed by atoms with E-state index < -0.39 is 12.0 Å². The third-order valence-electron chi connectivity index (χ3n) is 1.65. The highest BCUT2D eigenvalue weighted by Gasteiger charge is 2.33. The van der Waals surface area contributed by atoms with Crippen LogP contribution in [0.3, 0.4) is 0 Å². The molecule has 0 aliphatic carbocycles. The first-order valence-corrected chi connectivity index (χ1v) is 3.59. The Kier molecular flexibility index (Phi) is 3.79. The summed E-state index contributed by atoms with van der Waals surface area (Å²) < 4.78 is 25.5. The normalized spacial score (nSPS) is 15.3. The maximum Gasteiger partial charge on any atom is 0.262 e. The first kappa shape index (κ1) is 9.82. The fraction of sp³-hybridized carbons (Fsp3) is 1.00. The molecule has 1 unspecified atom stereocenters. The second-order valence-electron chi connectivity index (χ2n) is 2.52. The Hall–Kier alpha value is -0.180. The number of hydrogen-bond acceptors (Lipinski definition) is 1. The van der Waals surface area contributed by atoms with Crippen molar-refractivity contribution in [2.75, 3.05) is 7.05 Å². The van der Waals surface area contributed by atoms with Crippen LogP contribution in [0.5, 0.6) is 0 Å². The number of halogens is 2. The molecule has 10 heavy (non-hydrogen) atoms. The molecule has 0 spiro atoms. The topological polar surface area (TPSA) is 12.0 Å². The van der Waals surface area contributed by atoms with Crippen LogP contribution in [0.2, 0.25) is 0 Å². The van der Waals surface area contributed by atoms with Crippen molar-refractivity contribution in [3.05, 3.63) is 0 Å². The monoisotopic (exact) mass is 151 g/mol. The number of nitrogens with one attached hydrogen (secondary N) is 1. The highest BCUT2D eigenvalue weighted by Crippen LogP contribution is 2.23. The van der Waals surface area contributed by atoms with Gasteiger partial charge in [-0.25, -0.2) is 8.78 Å². The Morgan fingerprint density at radius 1 is 1.50 bits per heavy atom. The zero-order valence-electron chi connectivity index (χ0n) is 6.75. The van der Waals surface area contributed by atoms with Gasteiger partial charge in [-0.2, -0.15) is 0 Å². The summed E-state index contributed by atoms with van der Waals surface area (Å²) in [4.78, 5) is 0. The van der Waals surface area contributed by atoms with Crippen molar-refractivity contribution in [2.45, 2.75) is 38.7 Å². The van der Waals surface area contributed by atoms with Crippen molar-refractivity contribution in [1.82, 2.24) is 5.32 Å². The molecule has 0 aliphatic heterocycles. The summed E-state index contributed by atoms with van der Waals surface area (Å²) in [5, 5.41) is 2.54. The summed E-state index contributed by atoms with van der Waals surface area (Å²) in [7, 11) is 1.55. The molecule has 0 saturated heterocycles. The third kappa shape index (κ3) is 2.60. The molecule has 1 atom stereocenters. The zero-order valence-corrected chi connectivity index (χ0v) is 6.75. The highest BCUT2D eigenvalue weighted by atomic mass is 19.3. The van der Waals surface area contributed by atoms with Crippen molar-refractivity contribution < 1.29 is 8.78 Å². The van der Waals surface area contributed by atoms with Gasteiger partial charge in [0, 0.05) is 6.42 Å². The van der Waals surface area contributed by atoms with E-state index in [1.54, 1.807) is 14.0 Å². The Bertz CT molecular complexity index is 93.6. The largest absolute Gasteiger partial charge is 0.312 e. The SMILES string of the molecule is CCCC(F)(F)C(C)NC. The molecule has 0 aliphatic rings. The van der Waals surface area contributed by atoms with E-state index in [2.05, 4.69) is 5.32 Å². The second kappa shape index (κ2) is 3.86. The molecule has 0 fully saturated rings. The maximum absolute atomic E-state index is 12.8. The lowest BCUT2D eigenvalue weighted by atomic mass is 10.1. The van der Waals surface area contributed by atoms with Crippen LogP contribution in [0.4, 0.5) is 8.78 Å². The Labute approximate surface area is 60.8 Å². The lowest BCUT2D eigenvalue weighted by Crippen LogP contribution is -2.40. The molecule has 0 saturated carbocycles. The molecule has 62 valence electrons. The second-order valence-corrected chi connectivity index (χ2v) is 2.52. The first-order valence-electron chi connectivity index (χ1n) is 3.59. The zero-order chi connectivity index (χ0) is 8.20. The molecule has 0 amide bonds. The van der Waals surface area contributed by atoms with Gasteiger partial charge in [0.1, 0.15) is 0 Å².